The maximum absolute atomic E-state index is 6.50. The van der Waals surface area contributed by atoms with Crippen LogP contribution in [0.2, 0.25) is 0 Å². The van der Waals surface area contributed by atoms with E-state index in [1.54, 1.807) is 7.11 Å². The number of rotatable bonds is 8. The van der Waals surface area contributed by atoms with Crippen LogP contribution in [-0.2, 0) is 11.8 Å². The number of hydrogen-bond acceptors (Lipinski definition) is 6. The number of alkyl halides is 1. The summed E-state index contributed by atoms with van der Waals surface area (Å²) < 4.78 is 11.2. The van der Waals surface area contributed by atoms with Crippen LogP contribution in [0.15, 0.2) is 72.0 Å². The van der Waals surface area contributed by atoms with E-state index in [2.05, 4.69) is 87.6 Å². The Morgan fingerprint density at radius 1 is 1.24 bits per heavy atom. The van der Waals surface area contributed by atoms with E-state index in [-0.39, 0.29) is 27.5 Å². The molecule has 2 aromatic heterocycles. The Hall–Kier alpha value is -2.56. The molecule has 1 unspecified atom stereocenters. The first-order chi connectivity index (χ1) is 15.9. The number of nitrogens with zero attached hydrogens (tertiary/aromatic N) is 4. The maximum atomic E-state index is 6.50. The first-order valence-electron chi connectivity index (χ1n) is 10.9. The number of ether oxygens (including phenoxy) is 1. The number of aryl methyl sites for hydroxylation is 1. The second-order valence-electron chi connectivity index (χ2n) is 8.41. The van der Waals surface area contributed by atoms with E-state index >= 15 is 0 Å². The molecular weight excluding hydrogens is 527 g/mol. The van der Waals surface area contributed by atoms with Gasteiger partial charge in [0.15, 0.2) is 0 Å². The van der Waals surface area contributed by atoms with Gasteiger partial charge in [0.2, 0.25) is 0 Å². The van der Waals surface area contributed by atoms with Gasteiger partial charge >= 0.3 is 166 Å². The second kappa shape index (κ2) is 10.1. The summed E-state index contributed by atoms with van der Waals surface area (Å²) in [6.45, 7) is 0. The van der Waals surface area contributed by atoms with Gasteiger partial charge in [-0.2, -0.15) is 0 Å². The number of pyridine rings is 1. The predicted molar refractivity (Wildman–Crippen MR) is 131 cm³/mol. The van der Waals surface area contributed by atoms with Crippen LogP contribution in [0.3, 0.4) is 0 Å². The van der Waals surface area contributed by atoms with Crippen molar-refractivity contribution in [2.45, 2.75) is 12.5 Å². The van der Waals surface area contributed by atoms with Gasteiger partial charge in [0.1, 0.15) is 0 Å². The molecule has 7 nitrogen and oxygen atoms in total. The molecule has 2 heterocycles. The van der Waals surface area contributed by atoms with Crippen LogP contribution in [0.4, 0.5) is 5.82 Å². The van der Waals surface area contributed by atoms with Crippen LogP contribution < -0.4 is 32.5 Å². The Balaban J connectivity index is 1.58. The average Bonchev–Trinajstić information content (AvgIpc) is 3.14. The summed E-state index contributed by atoms with van der Waals surface area (Å²) in [5.41, 5.74) is 11.7. The summed E-state index contributed by atoms with van der Waals surface area (Å²) >= 11 is -0.0379. The van der Waals surface area contributed by atoms with Crippen molar-refractivity contribution >= 4 is 16.7 Å². The van der Waals surface area contributed by atoms with Crippen molar-refractivity contribution in [2.75, 3.05) is 38.1 Å². The van der Waals surface area contributed by atoms with E-state index in [0.29, 0.717) is 0 Å². The molecule has 176 valence electrons. The van der Waals surface area contributed by atoms with Crippen molar-refractivity contribution in [3.63, 3.8) is 0 Å². The van der Waals surface area contributed by atoms with Gasteiger partial charge in [0, 0.05) is 12.6 Å². The topological polar surface area (TPSA) is 71.6 Å². The van der Waals surface area contributed by atoms with Crippen molar-refractivity contribution in [3.05, 3.63) is 72.0 Å². The molecule has 1 aliphatic carbocycles. The van der Waals surface area contributed by atoms with E-state index in [9.17, 15) is 0 Å². The third-order valence-corrected chi connectivity index (χ3v) is 8.61. The molecule has 0 saturated carbocycles. The molecule has 0 aliphatic heterocycles. The zero-order valence-corrected chi connectivity index (χ0v) is 22.0. The van der Waals surface area contributed by atoms with E-state index in [1.165, 1.54) is 16.5 Å². The van der Waals surface area contributed by atoms with Crippen LogP contribution in [-0.4, -0.2) is 56.4 Å². The molecule has 1 atom stereocenters. The Kier molecular flexibility index (Phi) is 7.26. The van der Waals surface area contributed by atoms with Crippen molar-refractivity contribution < 1.29 is 26.2 Å². The Labute approximate surface area is 206 Å². The second-order valence-corrected chi connectivity index (χ2v) is 11.7. The van der Waals surface area contributed by atoms with Gasteiger partial charge in [0.25, 0.3) is 0 Å². The number of benzene rings is 1. The fourth-order valence-electron chi connectivity index (χ4n) is 4.11. The minimum atomic E-state index is -0.0379. The molecule has 3 N–H and O–H groups in total. The van der Waals surface area contributed by atoms with Crippen LogP contribution in [0, 0.1) is 0 Å². The Bertz CT molecular complexity index is 1200. The Morgan fingerprint density at radius 3 is 2.79 bits per heavy atom. The average molecular weight is 559 g/mol. The number of halogens is 1. The molecule has 0 bridgehead atoms. The van der Waals surface area contributed by atoms with Crippen LogP contribution in [0.25, 0.3) is 22.0 Å². The number of methoxy groups -OCH3 is 1. The summed E-state index contributed by atoms with van der Waals surface area (Å²) in [7, 11) is 10.2. The third kappa shape index (κ3) is 5.18. The number of nitrogens with one attached hydrogen (secondary N) is 1. The molecule has 33 heavy (non-hydrogen) atoms. The molecule has 0 spiro atoms. The predicted octanol–water partition coefficient (Wildman–Crippen LogP) is 0.580. The van der Waals surface area contributed by atoms with Crippen LogP contribution in [0.5, 0.6) is 0 Å². The van der Waals surface area contributed by atoms with Crippen molar-refractivity contribution in [1.82, 2.24) is 17.6 Å². The summed E-state index contributed by atoms with van der Waals surface area (Å²) in [5, 5.41) is 4.67. The normalized spacial score (nSPS) is 16.7. The van der Waals surface area contributed by atoms with E-state index in [1.807, 2.05) is 18.3 Å². The molecular formula is C25H32IN6O-. The molecule has 0 amide bonds. The summed E-state index contributed by atoms with van der Waals surface area (Å²) in [4.78, 5) is 6.88. The van der Waals surface area contributed by atoms with Gasteiger partial charge in [-0.25, -0.2) is 0 Å². The van der Waals surface area contributed by atoms with Gasteiger partial charge in [-0.1, -0.05) is 18.2 Å². The van der Waals surface area contributed by atoms with Gasteiger partial charge in [-0.15, -0.1) is 0 Å². The number of fused-ring (bicyclic) bond motifs is 1. The van der Waals surface area contributed by atoms with Crippen LogP contribution >= 0.6 is 0 Å². The fourth-order valence-corrected chi connectivity index (χ4v) is 5.67. The number of likely N-dealkylation sites (N-methyl/N-ethyl adjacent to an activating group) is 1. The Morgan fingerprint density at radius 2 is 2.03 bits per heavy atom. The first-order valence-corrected chi connectivity index (χ1v) is 13.3. The molecule has 0 radical (unpaired) electrons. The molecule has 1 aromatic carbocycles. The molecule has 3 aromatic rings. The third-order valence-electron chi connectivity index (χ3n) is 5.87. The zero-order valence-electron chi connectivity index (χ0n) is 19.8. The fraction of sp³-hybridized carbons (Fsp3) is 0.320. The van der Waals surface area contributed by atoms with E-state index in [4.69, 9.17) is 10.5 Å². The SMILES string of the molecule is COC1=C(Nc2cc(-c3cn(C)c4ccccc34)ccn2)C=C(N)C(N(C)C[I-]N(C)C)C1. The standard InChI is InChI=1S/C25H32IN6O/c1-30(2)26-16-32(4)23-14-24(33-5)21(13-20(23)27)29-25-12-17(10-11-28-25)19-15-31(3)22-9-7-6-8-18(19)22/h6-13,15,23H,14,16,27H2,1-5H3,(H,28,29)/q-1. The molecule has 0 saturated heterocycles. The van der Waals surface area contributed by atoms with Crippen LogP contribution in [0.1, 0.15) is 6.42 Å². The van der Waals surface area contributed by atoms with Gasteiger partial charge in [0.05, 0.1) is 0 Å². The molecule has 4 rings (SSSR count). The number of para-hydroxylation sites is 1. The number of hydrogen-bond donors (Lipinski definition) is 2. The number of anilines is 1. The number of aromatic nitrogens is 2. The van der Waals surface area contributed by atoms with Gasteiger partial charge in [-0.3, -0.25) is 0 Å². The van der Waals surface area contributed by atoms with Crippen molar-refractivity contribution in [2.24, 2.45) is 12.8 Å². The van der Waals surface area contributed by atoms with Crippen molar-refractivity contribution in [3.8, 4) is 11.1 Å². The van der Waals surface area contributed by atoms with Gasteiger partial charge < -0.3 is 4.57 Å². The quantitative estimate of drug-likeness (QED) is 0.182. The molecule has 8 heteroatoms. The monoisotopic (exact) mass is 559 g/mol. The van der Waals surface area contributed by atoms with E-state index in [0.717, 1.165) is 39.5 Å². The summed E-state index contributed by atoms with van der Waals surface area (Å²) in [6.07, 6.45) is 6.73. The minimum absolute atomic E-state index is 0.0379. The van der Waals surface area contributed by atoms with Gasteiger partial charge in [-0.05, 0) is 6.07 Å². The number of nitrogens with two attached hydrogens (primary N) is 1. The molecule has 0 fully saturated rings. The summed E-state index contributed by atoms with van der Waals surface area (Å²) in [5.74, 6) is 1.65. The zero-order chi connectivity index (χ0) is 23.5. The van der Waals surface area contributed by atoms with E-state index < -0.39 is 0 Å². The van der Waals surface area contributed by atoms with Crippen molar-refractivity contribution in [1.29, 1.82) is 0 Å². The number of allylic oxidation sites excluding steroid dienone is 1. The summed E-state index contributed by atoms with van der Waals surface area (Å²) in [6, 6.07) is 12.7. The molecule has 1 aliphatic rings. The first kappa shape index (κ1) is 23.6.